The van der Waals surface area contributed by atoms with Crippen LogP contribution in [0.1, 0.15) is 33.6 Å². The molecule has 0 radical (unpaired) electrons. The highest BCUT2D eigenvalue weighted by Gasteiger charge is 2.23. The van der Waals surface area contributed by atoms with Crippen LogP contribution in [0, 0.1) is 11.8 Å². The van der Waals surface area contributed by atoms with Crippen molar-refractivity contribution in [1.82, 2.24) is 5.32 Å². The van der Waals surface area contributed by atoms with Crippen LogP contribution in [0.15, 0.2) is 0 Å². The van der Waals surface area contributed by atoms with E-state index in [1.165, 1.54) is 19.4 Å². The second-order valence-corrected chi connectivity index (χ2v) is 4.36. The highest BCUT2D eigenvalue weighted by molar-refractivity contribution is 4.79. The largest absolute Gasteiger partial charge is 0.380 e. The molecule has 1 aliphatic rings. The van der Waals surface area contributed by atoms with E-state index in [2.05, 4.69) is 26.1 Å². The first-order valence-electron chi connectivity index (χ1n) is 5.55. The lowest BCUT2D eigenvalue weighted by Gasteiger charge is -2.22. The van der Waals surface area contributed by atoms with Gasteiger partial charge in [-0.1, -0.05) is 13.8 Å². The molecule has 13 heavy (non-hydrogen) atoms. The average molecular weight is 185 g/mol. The van der Waals surface area contributed by atoms with E-state index < -0.39 is 0 Å². The van der Waals surface area contributed by atoms with Crippen molar-refractivity contribution >= 4 is 0 Å². The van der Waals surface area contributed by atoms with Crippen molar-refractivity contribution in [3.8, 4) is 0 Å². The number of ether oxygens (including phenoxy) is 1. The van der Waals surface area contributed by atoms with E-state index in [4.69, 9.17) is 4.74 Å². The van der Waals surface area contributed by atoms with E-state index in [0.29, 0.717) is 12.0 Å². The number of rotatable bonds is 7. The van der Waals surface area contributed by atoms with Gasteiger partial charge < -0.3 is 10.1 Å². The molecule has 0 saturated heterocycles. The van der Waals surface area contributed by atoms with Gasteiger partial charge in [-0.05, 0) is 38.1 Å². The molecule has 0 amide bonds. The molecule has 0 aromatic heterocycles. The van der Waals surface area contributed by atoms with Crippen molar-refractivity contribution in [2.24, 2.45) is 11.8 Å². The average Bonchev–Trinajstić information content (AvgIpc) is 2.87. The monoisotopic (exact) mass is 185 g/mol. The zero-order chi connectivity index (χ0) is 9.68. The van der Waals surface area contributed by atoms with Crippen molar-refractivity contribution in [2.45, 2.75) is 39.7 Å². The minimum atomic E-state index is 0.542. The van der Waals surface area contributed by atoms with Crippen molar-refractivity contribution in [3.05, 3.63) is 0 Å². The quantitative estimate of drug-likeness (QED) is 0.655. The Balaban J connectivity index is 2.11. The Hall–Kier alpha value is -0.0800. The molecule has 1 atom stereocenters. The molecule has 1 aliphatic carbocycles. The lowest BCUT2D eigenvalue weighted by atomic mass is 10.1. The second-order valence-electron chi connectivity index (χ2n) is 4.36. The zero-order valence-corrected chi connectivity index (χ0v) is 9.18. The van der Waals surface area contributed by atoms with Gasteiger partial charge in [-0.3, -0.25) is 0 Å². The minimum absolute atomic E-state index is 0.542. The molecule has 0 heterocycles. The summed E-state index contributed by atoms with van der Waals surface area (Å²) in [6.45, 7) is 9.44. The van der Waals surface area contributed by atoms with E-state index in [1.807, 2.05) is 0 Å². The SMILES string of the molecule is CCOCC(NCC1CC1)C(C)C. The Labute approximate surface area is 82.0 Å². The van der Waals surface area contributed by atoms with Gasteiger partial charge in [0.2, 0.25) is 0 Å². The molecule has 2 nitrogen and oxygen atoms in total. The highest BCUT2D eigenvalue weighted by Crippen LogP contribution is 2.27. The molecular weight excluding hydrogens is 162 g/mol. The summed E-state index contributed by atoms with van der Waals surface area (Å²) in [5.74, 6) is 1.63. The molecule has 1 fully saturated rings. The maximum atomic E-state index is 5.45. The Morgan fingerprint density at radius 2 is 2.08 bits per heavy atom. The van der Waals surface area contributed by atoms with Gasteiger partial charge in [0.15, 0.2) is 0 Å². The standard InChI is InChI=1S/C11H23NO/c1-4-13-8-11(9(2)3)12-7-10-5-6-10/h9-12H,4-8H2,1-3H3. The van der Waals surface area contributed by atoms with Crippen molar-refractivity contribution in [3.63, 3.8) is 0 Å². The van der Waals surface area contributed by atoms with Gasteiger partial charge >= 0.3 is 0 Å². The van der Waals surface area contributed by atoms with E-state index >= 15 is 0 Å². The van der Waals surface area contributed by atoms with Crippen molar-refractivity contribution < 1.29 is 4.74 Å². The first-order chi connectivity index (χ1) is 6.24. The van der Waals surface area contributed by atoms with Gasteiger partial charge in [-0.2, -0.15) is 0 Å². The molecule has 1 unspecified atom stereocenters. The van der Waals surface area contributed by atoms with Crippen LogP contribution in [-0.2, 0) is 4.74 Å². The normalized spacial score (nSPS) is 19.4. The zero-order valence-electron chi connectivity index (χ0n) is 9.18. The molecule has 0 aromatic rings. The van der Waals surface area contributed by atoms with Crippen LogP contribution in [0.2, 0.25) is 0 Å². The first-order valence-corrected chi connectivity index (χ1v) is 5.55. The molecule has 0 aliphatic heterocycles. The topological polar surface area (TPSA) is 21.3 Å². The third-order valence-corrected chi connectivity index (χ3v) is 2.67. The predicted octanol–water partition coefficient (Wildman–Crippen LogP) is 2.05. The predicted molar refractivity (Wildman–Crippen MR) is 55.8 cm³/mol. The van der Waals surface area contributed by atoms with Crippen LogP contribution in [-0.4, -0.2) is 25.8 Å². The van der Waals surface area contributed by atoms with Gasteiger partial charge in [0.1, 0.15) is 0 Å². The van der Waals surface area contributed by atoms with Crippen LogP contribution < -0.4 is 5.32 Å². The van der Waals surface area contributed by atoms with Crippen LogP contribution in [0.25, 0.3) is 0 Å². The number of nitrogens with one attached hydrogen (secondary N) is 1. The second kappa shape index (κ2) is 5.61. The molecule has 0 aromatic carbocycles. The van der Waals surface area contributed by atoms with Crippen LogP contribution in [0.4, 0.5) is 0 Å². The molecule has 1 N–H and O–H groups in total. The fourth-order valence-corrected chi connectivity index (χ4v) is 1.37. The molecule has 78 valence electrons. The maximum Gasteiger partial charge on any atom is 0.0621 e. The molecule has 0 bridgehead atoms. The third kappa shape index (κ3) is 4.63. The Morgan fingerprint density at radius 3 is 2.54 bits per heavy atom. The van der Waals surface area contributed by atoms with Crippen LogP contribution >= 0.6 is 0 Å². The lowest BCUT2D eigenvalue weighted by Crippen LogP contribution is -2.39. The summed E-state index contributed by atoms with van der Waals surface area (Å²) >= 11 is 0. The molecule has 1 saturated carbocycles. The van der Waals surface area contributed by atoms with E-state index in [1.54, 1.807) is 0 Å². The van der Waals surface area contributed by atoms with Crippen LogP contribution in [0.5, 0.6) is 0 Å². The molecule has 0 spiro atoms. The smallest absolute Gasteiger partial charge is 0.0621 e. The number of hydrogen-bond acceptors (Lipinski definition) is 2. The van der Waals surface area contributed by atoms with Crippen molar-refractivity contribution in [2.75, 3.05) is 19.8 Å². The molecular formula is C11H23NO. The Morgan fingerprint density at radius 1 is 1.38 bits per heavy atom. The minimum Gasteiger partial charge on any atom is -0.380 e. The fourth-order valence-electron chi connectivity index (χ4n) is 1.37. The highest BCUT2D eigenvalue weighted by atomic mass is 16.5. The van der Waals surface area contributed by atoms with E-state index in [0.717, 1.165) is 19.1 Å². The summed E-state index contributed by atoms with van der Waals surface area (Å²) in [7, 11) is 0. The summed E-state index contributed by atoms with van der Waals surface area (Å²) in [6, 6.07) is 0.542. The summed E-state index contributed by atoms with van der Waals surface area (Å²) in [6.07, 6.45) is 2.85. The Kier molecular flexibility index (Phi) is 4.74. The van der Waals surface area contributed by atoms with E-state index in [9.17, 15) is 0 Å². The van der Waals surface area contributed by atoms with Gasteiger partial charge in [0.25, 0.3) is 0 Å². The third-order valence-electron chi connectivity index (χ3n) is 2.67. The van der Waals surface area contributed by atoms with Gasteiger partial charge in [0.05, 0.1) is 6.61 Å². The van der Waals surface area contributed by atoms with Gasteiger partial charge in [0, 0.05) is 12.6 Å². The van der Waals surface area contributed by atoms with Gasteiger partial charge in [-0.25, -0.2) is 0 Å². The first kappa shape index (κ1) is 11.0. The molecule has 1 rings (SSSR count). The summed E-state index contributed by atoms with van der Waals surface area (Å²) in [5, 5.41) is 3.59. The van der Waals surface area contributed by atoms with Crippen molar-refractivity contribution in [1.29, 1.82) is 0 Å². The maximum absolute atomic E-state index is 5.45. The summed E-state index contributed by atoms with van der Waals surface area (Å²) < 4.78 is 5.45. The fraction of sp³-hybridized carbons (Fsp3) is 1.00. The Bertz CT molecular complexity index is 132. The van der Waals surface area contributed by atoms with Crippen LogP contribution in [0.3, 0.4) is 0 Å². The lowest BCUT2D eigenvalue weighted by molar-refractivity contribution is 0.108. The van der Waals surface area contributed by atoms with Gasteiger partial charge in [-0.15, -0.1) is 0 Å². The summed E-state index contributed by atoms with van der Waals surface area (Å²) in [4.78, 5) is 0. The van der Waals surface area contributed by atoms with E-state index in [-0.39, 0.29) is 0 Å². The number of hydrogen-bond donors (Lipinski definition) is 1. The summed E-state index contributed by atoms with van der Waals surface area (Å²) in [5.41, 5.74) is 0. The molecule has 2 heteroatoms.